The molecule has 4 N–H and O–H groups in total. The SMILES string of the molecule is CN=C(NCc1cc(F)ccc1F)NCc1cccnc1N1CCC(C(N)=O)CC1. The smallest absolute Gasteiger partial charge is 0.220 e. The Hall–Kier alpha value is -3.23. The molecule has 1 aromatic heterocycles. The summed E-state index contributed by atoms with van der Waals surface area (Å²) in [5.41, 5.74) is 6.61. The van der Waals surface area contributed by atoms with Gasteiger partial charge in [0.2, 0.25) is 5.91 Å². The zero-order valence-electron chi connectivity index (χ0n) is 16.9. The number of amides is 1. The molecule has 0 saturated carbocycles. The molecule has 1 aliphatic rings. The van der Waals surface area contributed by atoms with Crippen molar-refractivity contribution in [1.82, 2.24) is 15.6 Å². The second-order valence-corrected chi connectivity index (χ2v) is 7.16. The van der Waals surface area contributed by atoms with Gasteiger partial charge in [0, 0.05) is 56.5 Å². The van der Waals surface area contributed by atoms with Crippen molar-refractivity contribution in [2.24, 2.45) is 16.6 Å². The topological polar surface area (TPSA) is 95.6 Å². The Kier molecular flexibility index (Phi) is 7.16. The van der Waals surface area contributed by atoms with Crippen LogP contribution in [0.3, 0.4) is 0 Å². The van der Waals surface area contributed by atoms with Crippen LogP contribution in [0.2, 0.25) is 0 Å². The molecule has 1 aromatic carbocycles. The summed E-state index contributed by atoms with van der Waals surface area (Å²) in [7, 11) is 1.61. The third kappa shape index (κ3) is 5.43. The Morgan fingerprint density at radius 1 is 1.20 bits per heavy atom. The maximum absolute atomic E-state index is 13.8. The molecule has 2 aromatic rings. The molecule has 0 spiro atoms. The number of aromatic nitrogens is 1. The van der Waals surface area contributed by atoms with Crippen LogP contribution in [0.5, 0.6) is 0 Å². The first-order chi connectivity index (χ1) is 14.5. The van der Waals surface area contributed by atoms with Crippen LogP contribution in [0, 0.1) is 17.6 Å². The van der Waals surface area contributed by atoms with Gasteiger partial charge < -0.3 is 21.3 Å². The Morgan fingerprint density at radius 3 is 2.57 bits per heavy atom. The van der Waals surface area contributed by atoms with E-state index in [0.29, 0.717) is 38.4 Å². The second-order valence-electron chi connectivity index (χ2n) is 7.16. The first-order valence-corrected chi connectivity index (χ1v) is 9.84. The summed E-state index contributed by atoms with van der Waals surface area (Å²) in [5, 5.41) is 6.17. The van der Waals surface area contributed by atoms with Gasteiger partial charge in [0.15, 0.2) is 5.96 Å². The van der Waals surface area contributed by atoms with Crippen molar-refractivity contribution < 1.29 is 13.6 Å². The number of anilines is 1. The molecular weight excluding hydrogens is 390 g/mol. The molecule has 1 amide bonds. The number of primary amides is 1. The molecule has 0 aliphatic carbocycles. The van der Waals surface area contributed by atoms with Gasteiger partial charge in [-0.1, -0.05) is 6.07 Å². The van der Waals surface area contributed by atoms with Gasteiger partial charge in [-0.15, -0.1) is 0 Å². The molecule has 9 heteroatoms. The second kappa shape index (κ2) is 10.00. The summed E-state index contributed by atoms with van der Waals surface area (Å²) in [6, 6.07) is 7.17. The van der Waals surface area contributed by atoms with Gasteiger partial charge in [-0.25, -0.2) is 13.8 Å². The summed E-state index contributed by atoms with van der Waals surface area (Å²) < 4.78 is 27.1. The fourth-order valence-corrected chi connectivity index (χ4v) is 3.49. The quantitative estimate of drug-likeness (QED) is 0.494. The average Bonchev–Trinajstić information content (AvgIpc) is 2.76. The maximum atomic E-state index is 13.8. The van der Waals surface area contributed by atoms with Gasteiger partial charge in [0.1, 0.15) is 17.5 Å². The van der Waals surface area contributed by atoms with E-state index < -0.39 is 11.6 Å². The van der Waals surface area contributed by atoms with E-state index in [1.54, 1.807) is 13.2 Å². The third-order valence-electron chi connectivity index (χ3n) is 5.19. The number of nitrogens with two attached hydrogens (primary N) is 1. The lowest BCUT2D eigenvalue weighted by molar-refractivity contribution is -0.122. The van der Waals surface area contributed by atoms with Crippen LogP contribution in [0.1, 0.15) is 24.0 Å². The van der Waals surface area contributed by atoms with Crippen molar-refractivity contribution >= 4 is 17.7 Å². The number of nitrogens with zero attached hydrogens (tertiary/aromatic N) is 3. The Morgan fingerprint density at radius 2 is 1.90 bits per heavy atom. The molecule has 1 fully saturated rings. The first kappa shape index (κ1) is 21.5. The molecule has 30 heavy (non-hydrogen) atoms. The number of piperidine rings is 1. The van der Waals surface area contributed by atoms with Crippen molar-refractivity contribution in [2.75, 3.05) is 25.0 Å². The van der Waals surface area contributed by atoms with Crippen LogP contribution < -0.4 is 21.3 Å². The molecule has 0 atom stereocenters. The molecule has 1 aliphatic heterocycles. The number of halogens is 2. The van der Waals surface area contributed by atoms with Gasteiger partial charge in [-0.2, -0.15) is 0 Å². The summed E-state index contributed by atoms with van der Waals surface area (Å²) in [5.74, 6) is 0.00455. The molecule has 7 nitrogen and oxygen atoms in total. The van der Waals surface area contributed by atoms with E-state index in [1.165, 1.54) is 0 Å². The molecule has 160 valence electrons. The van der Waals surface area contributed by atoms with Crippen LogP contribution in [-0.2, 0) is 17.9 Å². The third-order valence-corrected chi connectivity index (χ3v) is 5.19. The first-order valence-electron chi connectivity index (χ1n) is 9.84. The number of benzene rings is 1. The average molecular weight is 416 g/mol. The highest BCUT2D eigenvalue weighted by Gasteiger charge is 2.24. The minimum absolute atomic E-state index is 0.0854. The molecule has 2 heterocycles. The fraction of sp³-hybridized carbons (Fsp3) is 0.381. The number of carbonyl (C=O) groups excluding carboxylic acids is 1. The minimum Gasteiger partial charge on any atom is -0.369 e. The zero-order chi connectivity index (χ0) is 21.5. The lowest BCUT2D eigenvalue weighted by Gasteiger charge is -2.32. The van der Waals surface area contributed by atoms with Gasteiger partial charge in [0.05, 0.1) is 0 Å². The summed E-state index contributed by atoms with van der Waals surface area (Å²) in [6.07, 6.45) is 3.15. The van der Waals surface area contributed by atoms with Crippen LogP contribution >= 0.6 is 0 Å². The van der Waals surface area contributed by atoms with Gasteiger partial charge >= 0.3 is 0 Å². The van der Waals surface area contributed by atoms with Crippen molar-refractivity contribution in [3.8, 4) is 0 Å². The van der Waals surface area contributed by atoms with E-state index in [1.807, 2.05) is 12.1 Å². The normalized spacial score (nSPS) is 15.2. The highest BCUT2D eigenvalue weighted by atomic mass is 19.1. The number of nitrogens with one attached hydrogen (secondary N) is 2. The lowest BCUT2D eigenvalue weighted by Crippen LogP contribution is -2.40. The maximum Gasteiger partial charge on any atom is 0.220 e. The van der Waals surface area contributed by atoms with Gasteiger partial charge in [-0.3, -0.25) is 9.79 Å². The Bertz CT molecular complexity index is 912. The monoisotopic (exact) mass is 416 g/mol. The number of hydrogen-bond acceptors (Lipinski definition) is 4. The van der Waals surface area contributed by atoms with Crippen LogP contribution in [0.4, 0.5) is 14.6 Å². The fourth-order valence-electron chi connectivity index (χ4n) is 3.49. The van der Waals surface area contributed by atoms with E-state index >= 15 is 0 Å². The van der Waals surface area contributed by atoms with Gasteiger partial charge in [-0.05, 0) is 37.1 Å². The van der Waals surface area contributed by atoms with Crippen LogP contribution in [0.15, 0.2) is 41.5 Å². The number of hydrogen-bond donors (Lipinski definition) is 3. The lowest BCUT2D eigenvalue weighted by atomic mass is 9.96. The predicted octanol–water partition coefficient (Wildman–Crippen LogP) is 1.93. The Labute approximate surface area is 174 Å². The minimum atomic E-state index is -0.490. The molecule has 1 saturated heterocycles. The van der Waals surface area contributed by atoms with Crippen LogP contribution in [-0.4, -0.2) is 37.0 Å². The summed E-state index contributed by atoms with van der Waals surface area (Å²) in [4.78, 5) is 22.2. The Balaban J connectivity index is 1.60. The number of guanidine groups is 1. The van der Waals surface area contributed by atoms with E-state index in [4.69, 9.17) is 5.73 Å². The van der Waals surface area contributed by atoms with E-state index in [2.05, 4.69) is 25.5 Å². The van der Waals surface area contributed by atoms with E-state index in [-0.39, 0.29) is 23.9 Å². The largest absolute Gasteiger partial charge is 0.369 e. The highest BCUT2D eigenvalue weighted by molar-refractivity contribution is 5.79. The number of rotatable bonds is 6. The van der Waals surface area contributed by atoms with Crippen molar-refractivity contribution in [3.63, 3.8) is 0 Å². The molecule has 0 radical (unpaired) electrons. The van der Waals surface area contributed by atoms with Gasteiger partial charge in [0.25, 0.3) is 0 Å². The van der Waals surface area contributed by atoms with E-state index in [9.17, 15) is 13.6 Å². The van der Waals surface area contributed by atoms with Crippen molar-refractivity contribution in [2.45, 2.75) is 25.9 Å². The summed E-state index contributed by atoms with van der Waals surface area (Å²) in [6.45, 7) is 1.97. The molecule has 0 bridgehead atoms. The van der Waals surface area contributed by atoms with E-state index in [0.717, 1.165) is 29.6 Å². The number of pyridine rings is 1. The van der Waals surface area contributed by atoms with Crippen LogP contribution in [0.25, 0.3) is 0 Å². The molecule has 3 rings (SSSR count). The number of aliphatic imine (C=N–C) groups is 1. The van der Waals surface area contributed by atoms with Crippen molar-refractivity contribution in [3.05, 3.63) is 59.3 Å². The highest BCUT2D eigenvalue weighted by Crippen LogP contribution is 2.24. The molecule has 0 unspecified atom stereocenters. The zero-order valence-corrected chi connectivity index (χ0v) is 16.9. The number of carbonyl (C=O) groups is 1. The molecular formula is C21H26F2N6O. The standard InChI is InChI=1S/C21H26F2N6O/c1-25-21(28-13-16-11-17(22)4-5-18(16)23)27-12-15-3-2-8-26-20(15)29-9-6-14(7-10-29)19(24)30/h2-5,8,11,14H,6-7,9-10,12-13H2,1H3,(H2,24,30)(H2,25,27,28). The summed E-state index contributed by atoms with van der Waals surface area (Å²) >= 11 is 0. The van der Waals surface area contributed by atoms with Crippen molar-refractivity contribution in [1.29, 1.82) is 0 Å². The predicted molar refractivity (Wildman–Crippen MR) is 112 cm³/mol.